The number of hydrogen-bond donors (Lipinski definition) is 2. The number of aromatic nitrogens is 1. The fourth-order valence-corrected chi connectivity index (χ4v) is 3.42. The van der Waals surface area contributed by atoms with Crippen molar-refractivity contribution in [3.63, 3.8) is 0 Å². The number of aryl methyl sites for hydroxylation is 1. The van der Waals surface area contributed by atoms with Crippen molar-refractivity contribution in [2.75, 3.05) is 5.32 Å². The zero-order valence-corrected chi connectivity index (χ0v) is 15.0. The quantitative estimate of drug-likeness (QED) is 0.841. The van der Waals surface area contributed by atoms with Crippen LogP contribution < -0.4 is 10.6 Å². The van der Waals surface area contributed by atoms with E-state index in [-0.39, 0.29) is 24.2 Å². The van der Waals surface area contributed by atoms with E-state index in [4.69, 9.17) is 0 Å². The van der Waals surface area contributed by atoms with Crippen LogP contribution in [-0.4, -0.2) is 16.8 Å². The Labute approximate surface area is 154 Å². The Hall–Kier alpha value is -2.80. The molecule has 1 aromatic carbocycles. The van der Waals surface area contributed by atoms with E-state index >= 15 is 0 Å². The lowest BCUT2D eigenvalue weighted by Gasteiger charge is -2.07. The van der Waals surface area contributed by atoms with Gasteiger partial charge in [0.15, 0.2) is 5.13 Å². The fourth-order valence-electron chi connectivity index (χ4n) is 2.54. The van der Waals surface area contributed by atoms with Crippen molar-refractivity contribution in [3.8, 4) is 0 Å². The van der Waals surface area contributed by atoms with Gasteiger partial charge in [0.05, 0.1) is 5.69 Å². The lowest BCUT2D eigenvalue weighted by Crippen LogP contribution is -2.22. The zero-order valence-electron chi connectivity index (χ0n) is 14.2. The van der Waals surface area contributed by atoms with Crippen molar-refractivity contribution in [1.29, 1.82) is 0 Å². The van der Waals surface area contributed by atoms with Gasteiger partial charge in [-0.3, -0.25) is 14.9 Å². The smallest absolute Gasteiger partial charge is 0.263 e. The summed E-state index contributed by atoms with van der Waals surface area (Å²) < 4.78 is 13.2. The van der Waals surface area contributed by atoms with Gasteiger partial charge in [-0.15, -0.1) is 0 Å². The minimum Gasteiger partial charge on any atom is -0.347 e. The highest BCUT2D eigenvalue weighted by molar-refractivity contribution is 7.17. The third-order valence-electron chi connectivity index (χ3n) is 3.87. The molecule has 3 rings (SSSR count). The topological polar surface area (TPSA) is 71.1 Å². The molecule has 0 saturated carbocycles. The number of hydrogen-bond acceptors (Lipinski definition) is 4. The van der Waals surface area contributed by atoms with Crippen molar-refractivity contribution in [2.24, 2.45) is 0 Å². The summed E-state index contributed by atoms with van der Waals surface area (Å²) in [5, 5.41) is 5.88. The third kappa shape index (κ3) is 4.43. The van der Waals surface area contributed by atoms with E-state index in [9.17, 15) is 14.0 Å². The fraction of sp³-hybridized carbons (Fsp3) is 0.211. The molecule has 2 N–H and O–H groups in total. The van der Waals surface area contributed by atoms with Crippen molar-refractivity contribution in [2.45, 2.75) is 26.3 Å². The van der Waals surface area contributed by atoms with Crippen LogP contribution in [0.5, 0.6) is 0 Å². The first-order valence-electron chi connectivity index (χ1n) is 8.20. The summed E-state index contributed by atoms with van der Waals surface area (Å²) in [6.45, 7) is 1.93. The molecular formula is C19H18FN3O2S. The number of benzene rings is 1. The lowest BCUT2D eigenvalue weighted by atomic mass is 10.0. The summed E-state index contributed by atoms with van der Waals surface area (Å²) in [5.41, 5.74) is 1.91. The lowest BCUT2D eigenvalue weighted by molar-refractivity contribution is -0.113. The van der Waals surface area contributed by atoms with Crippen LogP contribution >= 0.6 is 11.3 Å². The van der Waals surface area contributed by atoms with E-state index in [2.05, 4.69) is 15.6 Å². The van der Waals surface area contributed by atoms with Gasteiger partial charge in [-0.2, -0.15) is 0 Å². The first-order chi connectivity index (χ1) is 12.5. The second kappa shape index (κ2) is 8.05. The van der Waals surface area contributed by atoms with Crippen LogP contribution in [0.3, 0.4) is 0 Å². The van der Waals surface area contributed by atoms with E-state index < -0.39 is 0 Å². The highest BCUT2D eigenvalue weighted by Gasteiger charge is 2.18. The number of rotatable bonds is 5. The predicted molar refractivity (Wildman–Crippen MR) is 99.5 cm³/mol. The summed E-state index contributed by atoms with van der Waals surface area (Å²) in [6.07, 6.45) is 7.17. The van der Waals surface area contributed by atoms with Crippen LogP contribution in [0, 0.1) is 12.7 Å². The molecule has 0 aliphatic heterocycles. The minimum absolute atomic E-state index is 0.199. The molecule has 2 amide bonds. The second-order valence-electron chi connectivity index (χ2n) is 5.86. The molecule has 0 bridgehead atoms. The maximum absolute atomic E-state index is 13.2. The Morgan fingerprint density at radius 3 is 2.88 bits per heavy atom. The molecule has 0 fully saturated rings. The second-order valence-corrected chi connectivity index (χ2v) is 6.86. The van der Waals surface area contributed by atoms with E-state index in [0.29, 0.717) is 33.3 Å². The molecule has 0 radical (unpaired) electrons. The van der Waals surface area contributed by atoms with Crippen molar-refractivity contribution >= 4 is 28.3 Å². The summed E-state index contributed by atoms with van der Waals surface area (Å²) >= 11 is 1.12. The summed E-state index contributed by atoms with van der Waals surface area (Å²) in [5.74, 6) is -0.845. The number of carbonyl (C=O) groups excluding carboxylic acids is 2. The average molecular weight is 371 g/mol. The largest absolute Gasteiger partial charge is 0.347 e. The van der Waals surface area contributed by atoms with Gasteiger partial charge in [-0.25, -0.2) is 9.37 Å². The Balaban J connectivity index is 1.63. The van der Waals surface area contributed by atoms with E-state index in [1.165, 1.54) is 12.1 Å². The van der Waals surface area contributed by atoms with Gasteiger partial charge in [-0.1, -0.05) is 41.7 Å². The van der Waals surface area contributed by atoms with Crippen molar-refractivity contribution in [1.82, 2.24) is 10.3 Å². The highest BCUT2D eigenvalue weighted by Crippen LogP contribution is 2.24. The van der Waals surface area contributed by atoms with Crippen LogP contribution in [0.1, 0.15) is 33.8 Å². The maximum Gasteiger partial charge on any atom is 0.263 e. The number of anilines is 1. The van der Waals surface area contributed by atoms with Crippen LogP contribution in [0.4, 0.5) is 9.52 Å². The Morgan fingerprint density at radius 1 is 1.31 bits per heavy atom. The van der Waals surface area contributed by atoms with Crippen molar-refractivity contribution < 1.29 is 14.0 Å². The zero-order chi connectivity index (χ0) is 18.5. The van der Waals surface area contributed by atoms with E-state index in [0.717, 1.165) is 17.8 Å². The molecule has 0 atom stereocenters. The van der Waals surface area contributed by atoms with E-state index in [1.54, 1.807) is 25.1 Å². The minimum atomic E-state index is -0.345. The van der Waals surface area contributed by atoms with Gasteiger partial charge < -0.3 is 5.32 Å². The molecule has 1 aromatic heterocycles. The first kappa shape index (κ1) is 18.0. The molecular weight excluding hydrogens is 353 g/mol. The maximum atomic E-state index is 13.2. The Bertz CT molecular complexity index is 902. The number of nitrogens with zero attached hydrogens (tertiary/aromatic N) is 1. The standard InChI is InChI=1S/C19H18FN3O2S/c1-12-16(18(25)21-11-13-6-5-9-15(20)10-13)26-19(22-12)23-17(24)14-7-3-2-4-8-14/h2-3,5-7,9-10H,4,8,11H2,1H3,(H,21,25)(H,22,23,24). The summed E-state index contributed by atoms with van der Waals surface area (Å²) in [4.78, 5) is 29.3. The molecule has 0 saturated heterocycles. The third-order valence-corrected chi connectivity index (χ3v) is 4.94. The monoisotopic (exact) mass is 371 g/mol. The first-order valence-corrected chi connectivity index (χ1v) is 9.01. The molecule has 134 valence electrons. The molecule has 1 aliphatic carbocycles. The number of halogens is 1. The van der Waals surface area contributed by atoms with Gasteiger partial charge >= 0.3 is 0 Å². The predicted octanol–water partition coefficient (Wildman–Crippen LogP) is 3.74. The summed E-state index contributed by atoms with van der Waals surface area (Å²) in [7, 11) is 0. The van der Waals surface area contributed by atoms with Gasteiger partial charge in [0, 0.05) is 12.1 Å². The van der Waals surface area contributed by atoms with E-state index in [1.807, 2.05) is 12.2 Å². The molecule has 2 aromatic rings. The molecule has 1 heterocycles. The van der Waals surface area contributed by atoms with Gasteiger partial charge in [0.25, 0.3) is 11.8 Å². The van der Waals surface area contributed by atoms with Crippen LogP contribution in [0.15, 0.2) is 48.1 Å². The number of allylic oxidation sites excluding steroid dienone is 3. The number of carbonyl (C=O) groups is 2. The van der Waals surface area contributed by atoms with Crippen LogP contribution in [0.25, 0.3) is 0 Å². The Kier molecular flexibility index (Phi) is 5.58. The normalized spacial score (nSPS) is 13.2. The summed E-state index contributed by atoms with van der Waals surface area (Å²) in [6, 6.07) is 6.06. The molecule has 0 spiro atoms. The van der Waals surface area contributed by atoms with Crippen LogP contribution in [-0.2, 0) is 11.3 Å². The SMILES string of the molecule is Cc1nc(NC(=O)C2=CC=CCC2)sc1C(=O)NCc1cccc(F)c1. The molecule has 1 aliphatic rings. The van der Waals surface area contributed by atoms with Crippen LogP contribution in [0.2, 0.25) is 0 Å². The molecule has 26 heavy (non-hydrogen) atoms. The molecule has 5 nitrogen and oxygen atoms in total. The van der Waals surface area contributed by atoms with Gasteiger partial charge in [-0.05, 0) is 37.5 Å². The Morgan fingerprint density at radius 2 is 2.15 bits per heavy atom. The average Bonchev–Trinajstić information content (AvgIpc) is 3.00. The number of amides is 2. The number of thiazole rings is 1. The highest BCUT2D eigenvalue weighted by atomic mass is 32.1. The van der Waals surface area contributed by atoms with Gasteiger partial charge in [0.1, 0.15) is 10.7 Å². The molecule has 7 heteroatoms. The number of nitrogens with one attached hydrogen (secondary N) is 2. The van der Waals surface area contributed by atoms with Crippen molar-refractivity contribution in [3.05, 3.63) is 70.0 Å². The van der Waals surface area contributed by atoms with Gasteiger partial charge in [0.2, 0.25) is 0 Å². The molecule has 0 unspecified atom stereocenters.